The first-order valence-corrected chi connectivity index (χ1v) is 7.72. The summed E-state index contributed by atoms with van der Waals surface area (Å²) in [6.45, 7) is 1.65. The van der Waals surface area contributed by atoms with Crippen molar-refractivity contribution in [2.75, 3.05) is 6.54 Å². The second-order valence-corrected chi connectivity index (χ2v) is 5.93. The molecule has 1 aromatic carbocycles. The Morgan fingerprint density at radius 1 is 1.35 bits per heavy atom. The van der Waals surface area contributed by atoms with Crippen LogP contribution in [0.15, 0.2) is 36.4 Å². The Morgan fingerprint density at radius 2 is 2.04 bits per heavy atom. The lowest BCUT2D eigenvalue weighted by Gasteiger charge is -2.10. The molecule has 1 aliphatic carbocycles. The van der Waals surface area contributed by atoms with Gasteiger partial charge in [0.05, 0.1) is 17.3 Å². The van der Waals surface area contributed by atoms with E-state index in [2.05, 4.69) is 10.4 Å². The van der Waals surface area contributed by atoms with Gasteiger partial charge in [0, 0.05) is 12.5 Å². The Balaban J connectivity index is 1.85. The summed E-state index contributed by atoms with van der Waals surface area (Å²) in [7, 11) is 0. The number of carbonyl (C=O) groups is 2. The molecule has 1 saturated carbocycles. The fourth-order valence-electron chi connectivity index (χ4n) is 2.33. The predicted molar refractivity (Wildman–Crippen MR) is 84.7 cm³/mol. The van der Waals surface area contributed by atoms with Gasteiger partial charge in [-0.25, -0.2) is 4.68 Å². The van der Waals surface area contributed by atoms with Crippen LogP contribution >= 0.6 is 0 Å². The lowest BCUT2D eigenvalue weighted by Crippen LogP contribution is -2.32. The third-order valence-electron chi connectivity index (χ3n) is 3.95. The van der Waals surface area contributed by atoms with Crippen LogP contribution in [-0.2, 0) is 4.79 Å². The van der Waals surface area contributed by atoms with Gasteiger partial charge in [-0.1, -0.05) is 25.1 Å². The van der Waals surface area contributed by atoms with E-state index in [4.69, 9.17) is 5.11 Å². The summed E-state index contributed by atoms with van der Waals surface area (Å²) in [6, 6.07) is 11.3. The molecule has 1 aromatic heterocycles. The van der Waals surface area contributed by atoms with E-state index < -0.39 is 11.9 Å². The van der Waals surface area contributed by atoms with Gasteiger partial charge < -0.3 is 10.4 Å². The molecule has 0 spiro atoms. The molecule has 1 aliphatic rings. The zero-order chi connectivity index (χ0) is 16.4. The molecule has 1 atom stereocenters. The van der Waals surface area contributed by atoms with E-state index >= 15 is 0 Å². The molecule has 2 N–H and O–H groups in total. The molecule has 0 saturated heterocycles. The van der Waals surface area contributed by atoms with Crippen LogP contribution in [0.2, 0.25) is 0 Å². The highest BCUT2D eigenvalue weighted by atomic mass is 16.4. The van der Waals surface area contributed by atoms with Crippen molar-refractivity contribution in [2.45, 2.75) is 25.7 Å². The number of nitrogens with one attached hydrogen (secondary N) is 1. The first-order chi connectivity index (χ1) is 11.1. The first kappa shape index (κ1) is 15.3. The van der Waals surface area contributed by atoms with Gasteiger partial charge in [-0.05, 0) is 31.0 Å². The van der Waals surface area contributed by atoms with Crippen molar-refractivity contribution in [2.24, 2.45) is 5.92 Å². The SMILES string of the molecule is CC(CNC(=O)c1cc(C2CC2)nn1-c1ccccc1)C(=O)O. The normalized spacial score (nSPS) is 15.2. The lowest BCUT2D eigenvalue weighted by atomic mass is 10.2. The van der Waals surface area contributed by atoms with E-state index in [1.54, 1.807) is 11.6 Å². The second kappa shape index (κ2) is 6.24. The zero-order valence-electron chi connectivity index (χ0n) is 12.9. The highest BCUT2D eigenvalue weighted by Gasteiger charge is 2.29. The van der Waals surface area contributed by atoms with Crippen molar-refractivity contribution in [3.8, 4) is 5.69 Å². The molecular weight excluding hydrogens is 294 g/mol. The van der Waals surface area contributed by atoms with Crippen LogP contribution in [0.1, 0.15) is 41.9 Å². The van der Waals surface area contributed by atoms with Crippen molar-refractivity contribution >= 4 is 11.9 Å². The molecule has 120 valence electrons. The molecule has 1 amide bonds. The molecule has 1 heterocycles. The summed E-state index contributed by atoms with van der Waals surface area (Å²) < 4.78 is 1.63. The van der Waals surface area contributed by atoms with Crippen LogP contribution in [-0.4, -0.2) is 33.3 Å². The second-order valence-electron chi connectivity index (χ2n) is 5.93. The highest BCUT2D eigenvalue weighted by Crippen LogP contribution is 2.39. The topological polar surface area (TPSA) is 84.2 Å². The fraction of sp³-hybridized carbons (Fsp3) is 0.353. The van der Waals surface area contributed by atoms with E-state index in [1.807, 2.05) is 36.4 Å². The molecule has 3 rings (SSSR count). The predicted octanol–water partition coefficient (Wildman–Crippen LogP) is 2.20. The summed E-state index contributed by atoms with van der Waals surface area (Å²) in [5.41, 5.74) is 2.18. The van der Waals surface area contributed by atoms with Gasteiger partial charge in [-0.2, -0.15) is 5.10 Å². The number of amides is 1. The number of carboxylic acids is 1. The van der Waals surface area contributed by atoms with Gasteiger partial charge in [-0.15, -0.1) is 0 Å². The minimum absolute atomic E-state index is 0.0902. The Bertz CT molecular complexity index is 720. The molecule has 1 fully saturated rings. The number of aromatic nitrogens is 2. The number of benzene rings is 1. The smallest absolute Gasteiger partial charge is 0.308 e. The monoisotopic (exact) mass is 313 g/mol. The van der Waals surface area contributed by atoms with Crippen LogP contribution in [0.25, 0.3) is 5.69 Å². The molecule has 0 bridgehead atoms. The van der Waals surface area contributed by atoms with Crippen LogP contribution in [0, 0.1) is 5.92 Å². The van der Waals surface area contributed by atoms with Gasteiger partial charge in [0.2, 0.25) is 0 Å². The van der Waals surface area contributed by atoms with Gasteiger partial charge in [-0.3, -0.25) is 9.59 Å². The van der Waals surface area contributed by atoms with Crippen molar-refractivity contribution in [3.63, 3.8) is 0 Å². The maximum absolute atomic E-state index is 12.5. The summed E-state index contributed by atoms with van der Waals surface area (Å²) in [6.07, 6.45) is 2.20. The summed E-state index contributed by atoms with van der Waals surface area (Å²) >= 11 is 0. The van der Waals surface area contributed by atoms with E-state index in [1.165, 1.54) is 0 Å². The number of para-hydroxylation sites is 1. The maximum Gasteiger partial charge on any atom is 0.308 e. The molecule has 2 aromatic rings. The number of nitrogens with zero attached hydrogens (tertiary/aromatic N) is 2. The third-order valence-corrected chi connectivity index (χ3v) is 3.95. The highest BCUT2D eigenvalue weighted by molar-refractivity contribution is 5.93. The zero-order valence-corrected chi connectivity index (χ0v) is 12.9. The minimum atomic E-state index is -0.930. The standard InChI is InChI=1S/C17H19N3O3/c1-11(17(22)23)10-18-16(21)15-9-14(12-7-8-12)19-20(15)13-5-3-2-4-6-13/h2-6,9,11-12H,7-8,10H2,1H3,(H,18,21)(H,22,23). The summed E-state index contributed by atoms with van der Waals surface area (Å²) in [5.74, 6) is -1.43. The van der Waals surface area contributed by atoms with Crippen molar-refractivity contribution in [1.29, 1.82) is 0 Å². The molecule has 0 aliphatic heterocycles. The first-order valence-electron chi connectivity index (χ1n) is 7.72. The molecule has 23 heavy (non-hydrogen) atoms. The Morgan fingerprint density at radius 3 is 2.65 bits per heavy atom. The maximum atomic E-state index is 12.5. The average molecular weight is 313 g/mol. The largest absolute Gasteiger partial charge is 0.481 e. The van der Waals surface area contributed by atoms with Crippen LogP contribution in [0.4, 0.5) is 0 Å². The molecule has 0 radical (unpaired) electrons. The Hall–Kier alpha value is -2.63. The number of hydrogen-bond acceptors (Lipinski definition) is 3. The number of carbonyl (C=O) groups excluding carboxylic acids is 1. The van der Waals surface area contributed by atoms with E-state index in [-0.39, 0.29) is 12.5 Å². The molecule has 6 nitrogen and oxygen atoms in total. The summed E-state index contributed by atoms with van der Waals surface area (Å²) in [5, 5.41) is 16.2. The number of rotatable bonds is 6. The van der Waals surface area contributed by atoms with Crippen molar-refractivity contribution in [3.05, 3.63) is 47.8 Å². The van der Waals surface area contributed by atoms with Gasteiger partial charge in [0.15, 0.2) is 0 Å². The third kappa shape index (κ3) is 3.41. The van der Waals surface area contributed by atoms with Crippen LogP contribution in [0.5, 0.6) is 0 Å². The van der Waals surface area contributed by atoms with Crippen molar-refractivity contribution in [1.82, 2.24) is 15.1 Å². The molecule has 1 unspecified atom stereocenters. The van der Waals surface area contributed by atoms with E-state index in [0.717, 1.165) is 24.2 Å². The Labute approximate surface area is 134 Å². The minimum Gasteiger partial charge on any atom is -0.481 e. The van der Waals surface area contributed by atoms with Gasteiger partial charge in [0.1, 0.15) is 5.69 Å². The van der Waals surface area contributed by atoms with E-state index in [9.17, 15) is 9.59 Å². The lowest BCUT2D eigenvalue weighted by molar-refractivity contribution is -0.140. The van der Waals surface area contributed by atoms with Gasteiger partial charge >= 0.3 is 5.97 Å². The number of carboxylic acid groups (broad SMARTS) is 1. The van der Waals surface area contributed by atoms with E-state index in [0.29, 0.717) is 11.6 Å². The van der Waals surface area contributed by atoms with Crippen LogP contribution in [0.3, 0.4) is 0 Å². The van der Waals surface area contributed by atoms with Crippen molar-refractivity contribution < 1.29 is 14.7 Å². The fourth-order valence-corrected chi connectivity index (χ4v) is 2.33. The quantitative estimate of drug-likeness (QED) is 0.856. The van der Waals surface area contributed by atoms with Crippen LogP contribution < -0.4 is 5.32 Å². The Kier molecular flexibility index (Phi) is 4.14. The summed E-state index contributed by atoms with van der Waals surface area (Å²) in [4.78, 5) is 23.3. The number of hydrogen-bond donors (Lipinski definition) is 2. The van der Waals surface area contributed by atoms with Gasteiger partial charge in [0.25, 0.3) is 5.91 Å². The average Bonchev–Trinajstić information content (AvgIpc) is 3.31. The molecule has 6 heteroatoms. The molecular formula is C17H19N3O3. The number of aliphatic carboxylic acids is 1.